The maximum absolute atomic E-state index is 12.7. The fourth-order valence-electron chi connectivity index (χ4n) is 2.83. The second-order valence-corrected chi connectivity index (χ2v) is 5.38. The molecule has 1 fully saturated rings. The van der Waals surface area contributed by atoms with Gasteiger partial charge >= 0.3 is 0 Å². The number of amides is 1. The number of hydrogen-bond donors (Lipinski definition) is 1. The molecule has 0 radical (unpaired) electrons. The first-order valence-corrected chi connectivity index (χ1v) is 7.65. The van der Waals surface area contributed by atoms with Crippen molar-refractivity contribution in [3.8, 4) is 5.88 Å². The Bertz CT molecular complexity index is 451. The maximum Gasteiger partial charge on any atom is 0.256 e. The Labute approximate surface area is 126 Å². The molecule has 5 heteroatoms. The zero-order chi connectivity index (χ0) is 15.1. The van der Waals surface area contributed by atoms with E-state index in [1.807, 2.05) is 6.92 Å². The van der Waals surface area contributed by atoms with Crippen molar-refractivity contribution >= 4 is 11.6 Å². The van der Waals surface area contributed by atoms with Gasteiger partial charge < -0.3 is 14.8 Å². The number of methoxy groups -OCH3 is 1. The molecule has 5 nitrogen and oxygen atoms in total. The second-order valence-electron chi connectivity index (χ2n) is 5.38. The van der Waals surface area contributed by atoms with E-state index in [0.29, 0.717) is 18.2 Å². The normalized spacial score (nSPS) is 17.8. The van der Waals surface area contributed by atoms with E-state index in [2.05, 4.69) is 10.3 Å². The number of carbonyl (C=O) groups excluding carboxylic acids is 1. The van der Waals surface area contributed by atoms with Gasteiger partial charge in [-0.15, -0.1) is 0 Å². The van der Waals surface area contributed by atoms with E-state index in [-0.39, 0.29) is 5.91 Å². The molecule has 0 bridgehead atoms. The van der Waals surface area contributed by atoms with E-state index in [9.17, 15) is 4.79 Å². The van der Waals surface area contributed by atoms with Crippen LogP contribution in [0, 0.1) is 0 Å². The third-order valence-electron chi connectivity index (χ3n) is 3.95. The van der Waals surface area contributed by atoms with E-state index in [4.69, 9.17) is 9.47 Å². The molecule has 116 valence electrons. The number of nitrogens with zero attached hydrogens (tertiary/aromatic N) is 1. The van der Waals surface area contributed by atoms with E-state index >= 15 is 0 Å². The van der Waals surface area contributed by atoms with Crippen LogP contribution >= 0.6 is 0 Å². The second kappa shape index (κ2) is 7.41. The summed E-state index contributed by atoms with van der Waals surface area (Å²) in [6.07, 6.45) is 7.60. The van der Waals surface area contributed by atoms with Crippen LogP contribution in [-0.4, -0.2) is 30.2 Å². The van der Waals surface area contributed by atoms with Gasteiger partial charge in [-0.3, -0.25) is 4.79 Å². The lowest BCUT2D eigenvalue weighted by atomic mass is 9.93. The molecule has 0 unspecified atom stereocenters. The molecule has 1 heterocycles. The van der Waals surface area contributed by atoms with Gasteiger partial charge in [-0.05, 0) is 25.8 Å². The molecular weight excluding hydrogens is 268 g/mol. The highest BCUT2D eigenvalue weighted by Gasteiger charge is 2.39. The van der Waals surface area contributed by atoms with Crippen LogP contribution in [0.1, 0.15) is 45.4 Å². The van der Waals surface area contributed by atoms with Crippen LogP contribution < -0.4 is 10.1 Å². The summed E-state index contributed by atoms with van der Waals surface area (Å²) in [5.41, 5.74) is -0.0188. The first kappa shape index (κ1) is 15.8. The molecule has 1 aliphatic rings. The van der Waals surface area contributed by atoms with E-state index in [1.54, 1.807) is 25.4 Å². The van der Waals surface area contributed by atoms with E-state index in [0.717, 1.165) is 25.7 Å². The van der Waals surface area contributed by atoms with Crippen molar-refractivity contribution in [2.75, 3.05) is 19.0 Å². The zero-order valence-electron chi connectivity index (χ0n) is 12.9. The predicted octanol–water partition coefficient (Wildman–Crippen LogP) is 3.16. The molecule has 0 aromatic carbocycles. The van der Waals surface area contributed by atoms with E-state index < -0.39 is 5.60 Å². The highest BCUT2D eigenvalue weighted by molar-refractivity contribution is 5.97. The molecule has 1 aliphatic carbocycles. The van der Waals surface area contributed by atoms with Gasteiger partial charge in [0.25, 0.3) is 5.91 Å². The Morgan fingerprint density at radius 1 is 1.29 bits per heavy atom. The number of aromatic nitrogens is 1. The van der Waals surface area contributed by atoms with Crippen molar-refractivity contribution in [2.45, 2.75) is 51.0 Å². The lowest BCUT2D eigenvalue weighted by molar-refractivity contribution is -0.143. The first-order chi connectivity index (χ1) is 10.2. The summed E-state index contributed by atoms with van der Waals surface area (Å²) in [6, 6.07) is 3.52. The van der Waals surface area contributed by atoms with Crippen LogP contribution in [0.3, 0.4) is 0 Å². The molecule has 2 rings (SSSR count). The van der Waals surface area contributed by atoms with Gasteiger partial charge in [-0.25, -0.2) is 4.98 Å². The van der Waals surface area contributed by atoms with E-state index in [1.165, 1.54) is 12.8 Å². The average Bonchev–Trinajstić information content (AvgIpc) is 2.75. The monoisotopic (exact) mass is 292 g/mol. The number of ether oxygens (including phenoxy) is 2. The van der Waals surface area contributed by atoms with Crippen LogP contribution in [0.2, 0.25) is 0 Å². The Hall–Kier alpha value is -1.62. The highest BCUT2D eigenvalue weighted by Crippen LogP contribution is 2.32. The van der Waals surface area contributed by atoms with Gasteiger partial charge in [0, 0.05) is 12.7 Å². The summed E-state index contributed by atoms with van der Waals surface area (Å²) in [5.74, 6) is 0.472. The molecule has 1 aromatic rings. The Morgan fingerprint density at radius 2 is 2.00 bits per heavy atom. The summed E-state index contributed by atoms with van der Waals surface area (Å²) >= 11 is 0. The summed E-state index contributed by atoms with van der Waals surface area (Å²) in [5, 5.41) is 2.93. The van der Waals surface area contributed by atoms with Crippen LogP contribution in [-0.2, 0) is 9.53 Å². The molecule has 1 aromatic heterocycles. The number of hydrogen-bond acceptors (Lipinski definition) is 4. The Kier molecular flexibility index (Phi) is 5.56. The molecule has 21 heavy (non-hydrogen) atoms. The minimum Gasteiger partial charge on any atom is -0.481 e. The summed E-state index contributed by atoms with van der Waals surface area (Å²) in [7, 11) is 1.57. The first-order valence-electron chi connectivity index (χ1n) is 7.65. The minimum absolute atomic E-state index is 0.0572. The molecule has 1 saturated carbocycles. The number of anilines is 1. The molecule has 1 amide bonds. The number of pyridine rings is 1. The van der Waals surface area contributed by atoms with Gasteiger partial charge in [-0.1, -0.05) is 25.7 Å². The van der Waals surface area contributed by atoms with Gasteiger partial charge in [0.1, 0.15) is 5.60 Å². The third kappa shape index (κ3) is 3.94. The summed E-state index contributed by atoms with van der Waals surface area (Å²) in [6.45, 7) is 2.49. The number of carbonyl (C=O) groups is 1. The molecule has 0 atom stereocenters. The summed E-state index contributed by atoms with van der Waals surface area (Å²) < 4.78 is 10.9. The predicted molar refractivity (Wildman–Crippen MR) is 81.5 cm³/mol. The fraction of sp³-hybridized carbons (Fsp3) is 0.625. The van der Waals surface area contributed by atoms with Crippen LogP contribution in [0.4, 0.5) is 5.69 Å². The van der Waals surface area contributed by atoms with Crippen molar-refractivity contribution in [1.82, 2.24) is 4.98 Å². The van der Waals surface area contributed by atoms with Gasteiger partial charge in [0.2, 0.25) is 5.88 Å². The van der Waals surface area contributed by atoms with Gasteiger partial charge in [-0.2, -0.15) is 0 Å². The highest BCUT2D eigenvalue weighted by atomic mass is 16.5. The van der Waals surface area contributed by atoms with Gasteiger partial charge in [0.15, 0.2) is 0 Å². The van der Waals surface area contributed by atoms with Crippen molar-refractivity contribution in [3.05, 3.63) is 18.3 Å². The standard InChI is InChI=1S/C16H24N2O3/c1-3-21-16(10-6-4-5-7-11-16)15(19)18-13-8-9-14(20-2)17-12-13/h8-9,12H,3-7,10-11H2,1-2H3,(H,18,19). The maximum atomic E-state index is 12.7. The quantitative estimate of drug-likeness (QED) is 0.847. The van der Waals surface area contributed by atoms with Crippen molar-refractivity contribution in [2.24, 2.45) is 0 Å². The Balaban J connectivity index is 2.09. The van der Waals surface area contributed by atoms with Crippen molar-refractivity contribution < 1.29 is 14.3 Å². The van der Waals surface area contributed by atoms with Crippen molar-refractivity contribution in [3.63, 3.8) is 0 Å². The van der Waals surface area contributed by atoms with Gasteiger partial charge in [0.05, 0.1) is 19.0 Å². The largest absolute Gasteiger partial charge is 0.481 e. The molecule has 0 spiro atoms. The van der Waals surface area contributed by atoms with Crippen LogP contribution in [0.25, 0.3) is 0 Å². The Morgan fingerprint density at radius 3 is 2.52 bits per heavy atom. The van der Waals surface area contributed by atoms with Crippen LogP contribution in [0.15, 0.2) is 18.3 Å². The lowest BCUT2D eigenvalue weighted by Gasteiger charge is -2.31. The van der Waals surface area contributed by atoms with Crippen molar-refractivity contribution in [1.29, 1.82) is 0 Å². The average molecular weight is 292 g/mol. The lowest BCUT2D eigenvalue weighted by Crippen LogP contribution is -2.45. The SMILES string of the molecule is CCOC1(C(=O)Nc2ccc(OC)nc2)CCCCCC1. The van der Waals surface area contributed by atoms with Crippen LogP contribution in [0.5, 0.6) is 5.88 Å². The molecule has 1 N–H and O–H groups in total. The molecule has 0 aliphatic heterocycles. The molecule has 0 saturated heterocycles. The minimum atomic E-state index is -0.689. The number of nitrogens with one attached hydrogen (secondary N) is 1. The fourth-order valence-corrected chi connectivity index (χ4v) is 2.83. The third-order valence-corrected chi connectivity index (χ3v) is 3.95. The topological polar surface area (TPSA) is 60.5 Å². The molecular formula is C16H24N2O3. The summed E-state index contributed by atoms with van der Waals surface area (Å²) in [4.78, 5) is 16.8. The number of rotatable bonds is 5. The zero-order valence-corrected chi connectivity index (χ0v) is 12.9. The smallest absolute Gasteiger partial charge is 0.256 e.